The summed E-state index contributed by atoms with van der Waals surface area (Å²) < 4.78 is 5.44. The van der Waals surface area contributed by atoms with Crippen LogP contribution in [0.15, 0.2) is 54.7 Å². The number of fused-ring (bicyclic) bond motifs is 4. The van der Waals surface area contributed by atoms with E-state index in [1.165, 1.54) is 42.8 Å². The summed E-state index contributed by atoms with van der Waals surface area (Å²) in [5.74, 6) is 0. The molecule has 3 aromatic carbocycles. The molecule has 1 aromatic heterocycles. The van der Waals surface area contributed by atoms with E-state index < -0.39 is 8.07 Å². The number of nitrogens with zero attached hydrogens (tertiary/aromatic N) is 1. The van der Waals surface area contributed by atoms with Crippen LogP contribution in [0.1, 0.15) is 5.56 Å². The van der Waals surface area contributed by atoms with Crippen molar-refractivity contribution < 1.29 is 4.57 Å². The van der Waals surface area contributed by atoms with Crippen molar-refractivity contribution in [2.24, 2.45) is 7.05 Å². The monoisotopic (exact) mass is 434 g/mol. The third kappa shape index (κ3) is 2.53. The number of hydrogen-bond donors (Lipinski definition) is 0. The SMILES string of the molecule is Cc1ccc2cccc3c2c1-c1c(c2cc([Si](C)(C)C)ccc2c[n+]1C)[Se]3. The first-order valence-corrected chi connectivity index (χ1v) is 14.7. The Balaban J connectivity index is 1.94. The molecule has 0 saturated heterocycles. The van der Waals surface area contributed by atoms with E-state index in [2.05, 4.69) is 92.9 Å². The fourth-order valence-electron chi connectivity index (χ4n) is 4.24. The molecule has 0 saturated carbocycles. The minimum atomic E-state index is -1.34. The van der Waals surface area contributed by atoms with Gasteiger partial charge in [0, 0.05) is 0 Å². The van der Waals surface area contributed by atoms with Crippen LogP contribution in [0, 0.1) is 6.92 Å². The van der Waals surface area contributed by atoms with E-state index in [0.29, 0.717) is 15.0 Å². The van der Waals surface area contributed by atoms with Gasteiger partial charge < -0.3 is 0 Å². The molecule has 0 fully saturated rings. The van der Waals surface area contributed by atoms with Gasteiger partial charge in [-0.05, 0) is 0 Å². The normalized spacial score (nSPS) is 13.2. The van der Waals surface area contributed by atoms with Crippen LogP contribution >= 0.6 is 0 Å². The molecule has 5 rings (SSSR count). The molecule has 3 heteroatoms. The van der Waals surface area contributed by atoms with E-state index in [4.69, 9.17) is 0 Å². The van der Waals surface area contributed by atoms with E-state index in [1.54, 1.807) is 9.65 Å². The Hall–Kier alpha value is -1.93. The number of hydrogen-bond acceptors (Lipinski definition) is 0. The maximum absolute atomic E-state index is 2.51. The van der Waals surface area contributed by atoms with Gasteiger partial charge in [-0.15, -0.1) is 0 Å². The molecule has 0 aliphatic carbocycles. The fourth-order valence-corrected chi connectivity index (χ4v) is 8.16. The van der Waals surface area contributed by atoms with E-state index in [1.807, 2.05) is 0 Å². The third-order valence-electron chi connectivity index (χ3n) is 5.73. The van der Waals surface area contributed by atoms with Crippen LogP contribution in [-0.4, -0.2) is 23.0 Å². The number of benzene rings is 3. The summed E-state index contributed by atoms with van der Waals surface area (Å²) >= 11 is 0.324. The molecule has 0 spiro atoms. The van der Waals surface area contributed by atoms with Crippen molar-refractivity contribution in [2.45, 2.75) is 26.6 Å². The summed E-state index contributed by atoms with van der Waals surface area (Å²) in [6, 6.07) is 18.6. The summed E-state index contributed by atoms with van der Waals surface area (Å²) in [5, 5.41) is 7.23. The topological polar surface area (TPSA) is 3.88 Å². The first-order chi connectivity index (χ1) is 12.8. The van der Waals surface area contributed by atoms with Gasteiger partial charge in [0.1, 0.15) is 0 Å². The van der Waals surface area contributed by atoms with Crippen molar-refractivity contribution in [1.29, 1.82) is 0 Å². The second kappa shape index (κ2) is 5.78. The van der Waals surface area contributed by atoms with Gasteiger partial charge >= 0.3 is 168 Å². The van der Waals surface area contributed by atoms with Crippen molar-refractivity contribution in [1.82, 2.24) is 0 Å². The molecule has 0 radical (unpaired) electrons. The van der Waals surface area contributed by atoms with Gasteiger partial charge in [0.2, 0.25) is 0 Å². The molecule has 1 aliphatic heterocycles. The molecular formula is C24H24NSeSi+. The van der Waals surface area contributed by atoms with Crippen molar-refractivity contribution in [3.63, 3.8) is 0 Å². The van der Waals surface area contributed by atoms with Gasteiger partial charge in [-0.2, -0.15) is 0 Å². The second-order valence-corrected chi connectivity index (χ2v) is 16.0. The third-order valence-corrected chi connectivity index (χ3v) is 10.2. The molecular weight excluding hydrogens is 409 g/mol. The molecule has 0 bridgehead atoms. The molecule has 4 aromatic rings. The molecule has 0 N–H and O–H groups in total. The Kier molecular flexibility index (Phi) is 3.68. The van der Waals surface area contributed by atoms with Gasteiger partial charge in [-0.1, -0.05) is 0 Å². The number of aromatic nitrogens is 1. The van der Waals surface area contributed by atoms with Crippen LogP contribution in [0.25, 0.3) is 32.8 Å². The number of pyridine rings is 1. The Morgan fingerprint density at radius 3 is 2.48 bits per heavy atom. The molecule has 27 heavy (non-hydrogen) atoms. The Bertz CT molecular complexity index is 1250. The van der Waals surface area contributed by atoms with Crippen LogP contribution in [0.2, 0.25) is 19.6 Å². The van der Waals surface area contributed by atoms with E-state index in [-0.39, 0.29) is 0 Å². The predicted octanol–water partition coefficient (Wildman–Crippen LogP) is 3.31. The zero-order chi connectivity index (χ0) is 18.9. The molecule has 2 heterocycles. The van der Waals surface area contributed by atoms with E-state index in [0.717, 1.165) is 0 Å². The van der Waals surface area contributed by atoms with Crippen molar-refractivity contribution >= 4 is 58.7 Å². The van der Waals surface area contributed by atoms with Gasteiger partial charge in [-0.25, -0.2) is 0 Å². The van der Waals surface area contributed by atoms with Crippen LogP contribution < -0.4 is 18.7 Å². The first kappa shape index (κ1) is 17.2. The molecule has 0 unspecified atom stereocenters. The molecule has 0 amide bonds. The zero-order valence-electron chi connectivity index (χ0n) is 16.6. The zero-order valence-corrected chi connectivity index (χ0v) is 19.3. The van der Waals surface area contributed by atoms with Gasteiger partial charge in [0.25, 0.3) is 0 Å². The number of rotatable bonds is 1. The van der Waals surface area contributed by atoms with Crippen LogP contribution in [0.5, 0.6) is 0 Å². The Labute approximate surface area is 168 Å². The van der Waals surface area contributed by atoms with Gasteiger partial charge in [-0.3, -0.25) is 0 Å². The summed E-state index contributed by atoms with van der Waals surface area (Å²) in [7, 11) is 0.875. The minimum absolute atomic E-state index is 0.324. The van der Waals surface area contributed by atoms with Gasteiger partial charge in [0.05, 0.1) is 0 Å². The summed E-state index contributed by atoms with van der Waals surface area (Å²) in [6.07, 6.45) is 2.32. The maximum atomic E-state index is 2.51. The first-order valence-electron chi connectivity index (χ1n) is 9.52. The molecule has 1 aliphatic rings. The summed E-state index contributed by atoms with van der Waals surface area (Å²) in [4.78, 5) is 0. The van der Waals surface area contributed by atoms with Crippen LogP contribution in [0.3, 0.4) is 0 Å². The Morgan fingerprint density at radius 1 is 0.926 bits per heavy atom. The van der Waals surface area contributed by atoms with Crippen molar-refractivity contribution in [2.75, 3.05) is 0 Å². The van der Waals surface area contributed by atoms with E-state index in [9.17, 15) is 0 Å². The summed E-state index contributed by atoms with van der Waals surface area (Å²) in [6.45, 7) is 9.58. The fraction of sp³-hybridized carbons (Fsp3) is 0.208. The van der Waals surface area contributed by atoms with E-state index >= 15 is 0 Å². The Morgan fingerprint density at radius 2 is 1.70 bits per heavy atom. The standard InChI is InChI=1S/C24H24NSeSi/c1-15-9-10-16-7-6-8-20-22(16)21(15)23-24(26-20)19-13-18(27(3,4)5)12-11-17(19)14-25(23)2/h6-14H,1-5H3/q+1. The molecule has 134 valence electrons. The average molecular weight is 434 g/mol. The molecule has 1 nitrogen and oxygen atoms in total. The van der Waals surface area contributed by atoms with Crippen LogP contribution in [0.4, 0.5) is 0 Å². The average Bonchev–Trinajstić information content (AvgIpc) is 2.63. The molecule has 0 atom stereocenters. The second-order valence-electron chi connectivity index (χ2n) is 8.68. The van der Waals surface area contributed by atoms with Crippen molar-refractivity contribution in [3.8, 4) is 11.3 Å². The number of aryl methyl sites for hydroxylation is 2. The predicted molar refractivity (Wildman–Crippen MR) is 121 cm³/mol. The summed E-state index contributed by atoms with van der Waals surface area (Å²) in [5.41, 5.74) is 4.24. The van der Waals surface area contributed by atoms with Crippen molar-refractivity contribution in [3.05, 3.63) is 60.3 Å². The van der Waals surface area contributed by atoms with Crippen LogP contribution in [-0.2, 0) is 7.05 Å². The van der Waals surface area contributed by atoms with Gasteiger partial charge in [0.15, 0.2) is 0 Å². The quantitative estimate of drug-likeness (QED) is 0.282.